The predicted molar refractivity (Wildman–Crippen MR) is 75.3 cm³/mol. The van der Waals surface area contributed by atoms with Crippen LogP contribution in [-0.2, 0) is 16.6 Å². The van der Waals surface area contributed by atoms with E-state index in [4.69, 9.17) is 0 Å². The summed E-state index contributed by atoms with van der Waals surface area (Å²) in [5.41, 5.74) is -0.0279. The zero-order chi connectivity index (χ0) is 15.5. The molecule has 2 rings (SSSR count). The van der Waals surface area contributed by atoms with Crippen LogP contribution in [-0.4, -0.2) is 30.4 Å². The van der Waals surface area contributed by atoms with Crippen molar-refractivity contribution in [3.05, 3.63) is 46.5 Å². The molecule has 0 spiro atoms. The van der Waals surface area contributed by atoms with Crippen molar-refractivity contribution in [2.24, 2.45) is 0 Å². The van der Waals surface area contributed by atoms with Gasteiger partial charge in [0.25, 0.3) is 5.69 Å². The summed E-state index contributed by atoms with van der Waals surface area (Å²) < 4.78 is 26.7. The molecule has 0 saturated heterocycles. The van der Waals surface area contributed by atoms with E-state index < -0.39 is 25.5 Å². The van der Waals surface area contributed by atoms with E-state index in [2.05, 4.69) is 20.0 Å². The van der Waals surface area contributed by atoms with Gasteiger partial charge in [0.1, 0.15) is 5.82 Å². The number of hydrogen-bond donors (Lipinski definition) is 3. The zero-order valence-corrected chi connectivity index (χ0v) is 11.8. The molecule has 1 aromatic heterocycles. The van der Waals surface area contributed by atoms with Gasteiger partial charge in [-0.15, -0.1) is 0 Å². The summed E-state index contributed by atoms with van der Waals surface area (Å²) in [6.45, 7) is -0.0870. The standard InChI is InChI=1S/C11H13N5O4S/c1-12-8-2-3-9(16(17)18)10(6-8)21(19,20)15-7-11-13-4-5-14-11/h2-6,12,15H,7H2,1H3,(H,13,14). The van der Waals surface area contributed by atoms with Gasteiger partial charge in [-0.3, -0.25) is 10.1 Å². The molecule has 0 fully saturated rings. The number of aromatic amines is 1. The highest BCUT2D eigenvalue weighted by molar-refractivity contribution is 7.89. The number of sulfonamides is 1. The number of rotatable bonds is 6. The van der Waals surface area contributed by atoms with Crippen molar-refractivity contribution in [2.45, 2.75) is 11.4 Å². The van der Waals surface area contributed by atoms with Crippen LogP contribution in [0.5, 0.6) is 0 Å². The molecule has 1 aromatic carbocycles. The highest BCUT2D eigenvalue weighted by atomic mass is 32.2. The SMILES string of the molecule is CNc1ccc([N+](=O)[O-])c(S(=O)(=O)NCc2ncc[nH]2)c1. The Bertz CT molecular complexity index is 742. The largest absolute Gasteiger partial charge is 0.388 e. The first-order valence-corrected chi connectivity index (χ1v) is 7.36. The van der Waals surface area contributed by atoms with Crippen molar-refractivity contribution in [1.29, 1.82) is 0 Å². The highest BCUT2D eigenvalue weighted by Crippen LogP contribution is 2.26. The van der Waals surface area contributed by atoms with Crippen LogP contribution >= 0.6 is 0 Å². The van der Waals surface area contributed by atoms with Crippen LogP contribution < -0.4 is 10.0 Å². The van der Waals surface area contributed by atoms with Gasteiger partial charge in [0, 0.05) is 31.2 Å². The molecule has 2 aromatic rings. The molecular weight excluding hydrogens is 298 g/mol. The fourth-order valence-electron chi connectivity index (χ4n) is 1.67. The molecule has 0 unspecified atom stereocenters. The van der Waals surface area contributed by atoms with Crippen LogP contribution in [0.3, 0.4) is 0 Å². The molecular formula is C11H13N5O4S. The average molecular weight is 311 g/mol. The monoisotopic (exact) mass is 311 g/mol. The van der Waals surface area contributed by atoms with Crippen LogP contribution in [0.25, 0.3) is 0 Å². The van der Waals surface area contributed by atoms with Crippen molar-refractivity contribution in [2.75, 3.05) is 12.4 Å². The van der Waals surface area contributed by atoms with Gasteiger partial charge in [-0.25, -0.2) is 18.1 Å². The summed E-state index contributed by atoms with van der Waals surface area (Å²) in [5.74, 6) is 0.408. The summed E-state index contributed by atoms with van der Waals surface area (Å²) in [7, 11) is -2.45. The molecule has 9 nitrogen and oxygen atoms in total. The molecule has 10 heteroatoms. The van der Waals surface area contributed by atoms with Gasteiger partial charge in [0.15, 0.2) is 4.90 Å². The van der Waals surface area contributed by atoms with Gasteiger partial charge >= 0.3 is 0 Å². The van der Waals surface area contributed by atoms with E-state index in [1.807, 2.05) is 0 Å². The number of hydrogen-bond acceptors (Lipinski definition) is 6. The smallest absolute Gasteiger partial charge is 0.289 e. The maximum absolute atomic E-state index is 12.2. The van der Waals surface area contributed by atoms with E-state index in [-0.39, 0.29) is 6.54 Å². The number of nitro groups is 1. The molecule has 0 radical (unpaired) electrons. The van der Waals surface area contributed by atoms with Crippen molar-refractivity contribution >= 4 is 21.4 Å². The number of nitrogens with zero attached hydrogens (tertiary/aromatic N) is 2. The first kappa shape index (κ1) is 14.9. The van der Waals surface area contributed by atoms with Gasteiger partial charge in [-0.1, -0.05) is 0 Å². The molecule has 0 aliphatic heterocycles. The summed E-state index contributed by atoms with van der Waals surface area (Å²) in [6, 6.07) is 3.79. The molecule has 21 heavy (non-hydrogen) atoms. The average Bonchev–Trinajstić information content (AvgIpc) is 2.98. The third kappa shape index (κ3) is 3.35. The molecule has 3 N–H and O–H groups in total. The summed E-state index contributed by atoms with van der Waals surface area (Å²) >= 11 is 0. The van der Waals surface area contributed by atoms with Crippen LogP contribution in [0, 0.1) is 10.1 Å². The lowest BCUT2D eigenvalue weighted by atomic mass is 10.3. The quantitative estimate of drug-likeness (QED) is 0.535. The second kappa shape index (κ2) is 5.89. The van der Waals surface area contributed by atoms with E-state index in [0.29, 0.717) is 11.5 Å². The minimum Gasteiger partial charge on any atom is -0.388 e. The van der Waals surface area contributed by atoms with E-state index in [9.17, 15) is 18.5 Å². The molecule has 0 bridgehead atoms. The minimum absolute atomic E-state index is 0.0870. The highest BCUT2D eigenvalue weighted by Gasteiger charge is 2.26. The van der Waals surface area contributed by atoms with Crippen molar-refractivity contribution < 1.29 is 13.3 Å². The first-order valence-electron chi connectivity index (χ1n) is 5.88. The van der Waals surface area contributed by atoms with Crippen molar-refractivity contribution in [3.63, 3.8) is 0 Å². The van der Waals surface area contributed by atoms with Crippen LogP contribution in [0.1, 0.15) is 5.82 Å². The second-order valence-corrected chi connectivity index (χ2v) is 5.79. The van der Waals surface area contributed by atoms with Gasteiger partial charge in [-0.05, 0) is 12.1 Å². The second-order valence-electron chi connectivity index (χ2n) is 4.05. The Kier molecular flexibility index (Phi) is 4.19. The van der Waals surface area contributed by atoms with Crippen molar-refractivity contribution in [3.8, 4) is 0 Å². The summed E-state index contributed by atoms with van der Waals surface area (Å²) in [6.07, 6.45) is 3.03. The normalized spacial score (nSPS) is 11.3. The Morgan fingerprint density at radius 2 is 2.19 bits per heavy atom. The van der Waals surface area contributed by atoms with E-state index in [1.54, 1.807) is 13.2 Å². The maximum Gasteiger partial charge on any atom is 0.289 e. The van der Waals surface area contributed by atoms with Crippen LogP contribution in [0.15, 0.2) is 35.5 Å². The number of benzene rings is 1. The van der Waals surface area contributed by atoms with E-state index in [0.717, 1.165) is 6.07 Å². The third-order valence-electron chi connectivity index (χ3n) is 2.72. The number of nitrogens with one attached hydrogen (secondary N) is 3. The Morgan fingerprint density at radius 1 is 1.43 bits per heavy atom. The lowest BCUT2D eigenvalue weighted by molar-refractivity contribution is -0.387. The molecule has 0 saturated carbocycles. The lowest BCUT2D eigenvalue weighted by Crippen LogP contribution is -2.24. The Balaban J connectivity index is 2.35. The van der Waals surface area contributed by atoms with Crippen LogP contribution in [0.4, 0.5) is 11.4 Å². The fourth-order valence-corrected chi connectivity index (χ4v) is 2.85. The van der Waals surface area contributed by atoms with Crippen LogP contribution in [0.2, 0.25) is 0 Å². The topological polar surface area (TPSA) is 130 Å². The molecule has 112 valence electrons. The molecule has 0 aliphatic rings. The Labute approximate surface area is 120 Å². The molecule has 0 atom stereocenters. The predicted octanol–water partition coefficient (Wildman–Crippen LogP) is 0.838. The minimum atomic E-state index is -4.04. The Morgan fingerprint density at radius 3 is 2.76 bits per heavy atom. The molecule has 1 heterocycles. The number of nitro benzene ring substituents is 1. The lowest BCUT2D eigenvalue weighted by Gasteiger charge is -2.08. The van der Waals surface area contributed by atoms with Gasteiger partial charge < -0.3 is 10.3 Å². The number of aromatic nitrogens is 2. The summed E-state index contributed by atoms with van der Waals surface area (Å²) in [4.78, 5) is 16.5. The Hall–Kier alpha value is -2.46. The number of anilines is 1. The first-order chi connectivity index (χ1) is 9.94. The zero-order valence-electron chi connectivity index (χ0n) is 11.0. The molecule has 0 aliphatic carbocycles. The number of H-pyrrole nitrogens is 1. The van der Waals surface area contributed by atoms with Crippen molar-refractivity contribution in [1.82, 2.24) is 14.7 Å². The third-order valence-corrected chi connectivity index (χ3v) is 4.15. The van der Waals surface area contributed by atoms with Gasteiger partial charge in [0.05, 0.1) is 11.5 Å². The molecule has 0 amide bonds. The van der Waals surface area contributed by atoms with Gasteiger partial charge in [-0.2, -0.15) is 0 Å². The number of imidazole rings is 1. The van der Waals surface area contributed by atoms with E-state index in [1.165, 1.54) is 18.3 Å². The fraction of sp³-hybridized carbons (Fsp3) is 0.182. The van der Waals surface area contributed by atoms with E-state index >= 15 is 0 Å². The maximum atomic E-state index is 12.2. The summed E-state index contributed by atoms with van der Waals surface area (Å²) in [5, 5.41) is 13.7. The van der Waals surface area contributed by atoms with Gasteiger partial charge in [0.2, 0.25) is 10.0 Å².